The van der Waals surface area contributed by atoms with E-state index in [1.165, 1.54) is 24.1 Å². The van der Waals surface area contributed by atoms with E-state index in [0.29, 0.717) is 36.4 Å². The van der Waals surface area contributed by atoms with Crippen LogP contribution in [0.15, 0.2) is 36.4 Å². The van der Waals surface area contributed by atoms with Crippen LogP contribution in [-0.4, -0.2) is 47.5 Å². The van der Waals surface area contributed by atoms with Gasteiger partial charge in [-0.25, -0.2) is 4.79 Å². The molecule has 1 saturated heterocycles. The lowest BCUT2D eigenvalue weighted by Gasteiger charge is -2.25. The minimum Gasteiger partial charge on any atom is -0.495 e. The molecule has 0 aliphatic carbocycles. The third kappa shape index (κ3) is 4.39. The van der Waals surface area contributed by atoms with Gasteiger partial charge in [-0.1, -0.05) is 6.07 Å². The predicted octanol–water partition coefficient (Wildman–Crippen LogP) is 3.25. The Hall–Kier alpha value is -3.35. The van der Waals surface area contributed by atoms with Gasteiger partial charge in [-0.3, -0.25) is 9.59 Å². The summed E-state index contributed by atoms with van der Waals surface area (Å²) in [6.07, 6.45) is 1.25. The van der Waals surface area contributed by atoms with E-state index >= 15 is 0 Å². The zero-order valence-electron chi connectivity index (χ0n) is 16.7. The molecule has 0 radical (unpaired) electrons. The maximum Gasteiger partial charge on any atom is 0.335 e. The van der Waals surface area contributed by atoms with Gasteiger partial charge in [0.25, 0.3) is 5.91 Å². The van der Waals surface area contributed by atoms with E-state index in [9.17, 15) is 19.5 Å². The summed E-state index contributed by atoms with van der Waals surface area (Å²) in [6.45, 7) is 4.10. The minimum absolute atomic E-state index is 0.0537. The van der Waals surface area contributed by atoms with Crippen LogP contribution in [0.3, 0.4) is 0 Å². The van der Waals surface area contributed by atoms with Crippen molar-refractivity contribution in [2.75, 3.05) is 19.0 Å². The van der Waals surface area contributed by atoms with Crippen molar-refractivity contribution in [2.24, 2.45) is 0 Å². The minimum atomic E-state index is -1.09. The Kier molecular flexibility index (Phi) is 5.87. The molecule has 1 unspecified atom stereocenters. The molecular weight excluding hydrogens is 372 g/mol. The van der Waals surface area contributed by atoms with Crippen molar-refractivity contribution < 1.29 is 24.2 Å². The Morgan fingerprint density at radius 3 is 2.48 bits per heavy atom. The van der Waals surface area contributed by atoms with Gasteiger partial charge < -0.3 is 20.1 Å². The van der Waals surface area contributed by atoms with Gasteiger partial charge in [0.05, 0.1) is 18.4 Å². The molecule has 2 amide bonds. The number of anilines is 1. The van der Waals surface area contributed by atoms with Crippen molar-refractivity contribution >= 4 is 23.5 Å². The maximum absolute atomic E-state index is 13.0. The van der Waals surface area contributed by atoms with E-state index in [1.807, 2.05) is 19.1 Å². The van der Waals surface area contributed by atoms with Crippen LogP contribution in [0.5, 0.6) is 5.75 Å². The predicted molar refractivity (Wildman–Crippen MR) is 109 cm³/mol. The molecule has 1 atom stereocenters. The summed E-state index contributed by atoms with van der Waals surface area (Å²) < 4.78 is 5.31. The average Bonchev–Trinajstić information content (AvgIpc) is 3.17. The molecule has 152 valence electrons. The highest BCUT2D eigenvalue weighted by Gasteiger charge is 2.35. The summed E-state index contributed by atoms with van der Waals surface area (Å²) in [5.41, 5.74) is 2.54. The maximum atomic E-state index is 13.0. The summed E-state index contributed by atoms with van der Waals surface area (Å²) in [5, 5.41) is 12.1. The number of carboxylic acid groups (broad SMARTS) is 1. The van der Waals surface area contributed by atoms with E-state index in [4.69, 9.17) is 4.74 Å². The molecule has 2 aromatic carbocycles. The number of amides is 2. The lowest BCUT2D eigenvalue weighted by Crippen LogP contribution is -2.43. The van der Waals surface area contributed by atoms with Gasteiger partial charge in [-0.05, 0) is 68.1 Å². The second-order valence-electron chi connectivity index (χ2n) is 7.24. The molecule has 0 saturated carbocycles. The number of carboxylic acids is 1. The van der Waals surface area contributed by atoms with Crippen LogP contribution in [0.25, 0.3) is 0 Å². The zero-order chi connectivity index (χ0) is 21.1. The van der Waals surface area contributed by atoms with Crippen molar-refractivity contribution in [3.8, 4) is 5.75 Å². The smallest absolute Gasteiger partial charge is 0.335 e. The van der Waals surface area contributed by atoms with Crippen LogP contribution >= 0.6 is 0 Å². The molecular formula is C22H24N2O5. The van der Waals surface area contributed by atoms with Gasteiger partial charge in [0.2, 0.25) is 5.91 Å². The number of benzene rings is 2. The third-order valence-corrected chi connectivity index (χ3v) is 5.00. The average molecular weight is 396 g/mol. The number of carbonyl (C=O) groups excluding carboxylic acids is 2. The van der Waals surface area contributed by atoms with Crippen molar-refractivity contribution in [2.45, 2.75) is 32.7 Å². The molecule has 1 aliphatic rings. The Bertz CT molecular complexity index is 970. The van der Waals surface area contributed by atoms with Crippen molar-refractivity contribution in [1.29, 1.82) is 0 Å². The number of likely N-dealkylation sites (tertiary alicyclic amines) is 1. The van der Waals surface area contributed by atoms with Gasteiger partial charge >= 0.3 is 5.97 Å². The van der Waals surface area contributed by atoms with E-state index in [1.54, 1.807) is 19.1 Å². The molecule has 1 fully saturated rings. The molecule has 7 nitrogen and oxygen atoms in total. The number of nitrogens with zero attached hydrogens (tertiary/aromatic N) is 1. The van der Waals surface area contributed by atoms with E-state index < -0.39 is 12.0 Å². The Morgan fingerprint density at radius 1 is 1.07 bits per heavy atom. The van der Waals surface area contributed by atoms with Gasteiger partial charge in [0, 0.05) is 12.1 Å². The quantitative estimate of drug-likeness (QED) is 0.809. The number of methoxy groups -OCH3 is 1. The van der Waals surface area contributed by atoms with Gasteiger partial charge in [-0.15, -0.1) is 0 Å². The fraction of sp³-hybridized carbons (Fsp3) is 0.318. The molecule has 2 aromatic rings. The zero-order valence-corrected chi connectivity index (χ0v) is 16.7. The van der Waals surface area contributed by atoms with Crippen molar-refractivity contribution in [3.63, 3.8) is 0 Å². The number of hydrogen-bond donors (Lipinski definition) is 2. The highest BCUT2D eigenvalue weighted by atomic mass is 16.5. The topological polar surface area (TPSA) is 95.9 Å². The van der Waals surface area contributed by atoms with Crippen molar-refractivity contribution in [1.82, 2.24) is 4.90 Å². The second kappa shape index (κ2) is 8.34. The monoisotopic (exact) mass is 396 g/mol. The summed E-state index contributed by atoms with van der Waals surface area (Å²) in [7, 11) is 1.53. The largest absolute Gasteiger partial charge is 0.495 e. The van der Waals surface area contributed by atoms with Gasteiger partial charge in [-0.2, -0.15) is 0 Å². The third-order valence-electron chi connectivity index (χ3n) is 5.00. The lowest BCUT2D eigenvalue weighted by atomic mass is 10.0. The van der Waals surface area contributed by atoms with Crippen LogP contribution in [-0.2, 0) is 4.79 Å². The molecule has 7 heteroatoms. The Balaban J connectivity index is 1.83. The summed E-state index contributed by atoms with van der Waals surface area (Å²) >= 11 is 0. The Labute approximate surface area is 169 Å². The number of hydrogen-bond acceptors (Lipinski definition) is 4. The first-order valence-electron chi connectivity index (χ1n) is 9.41. The molecule has 2 N–H and O–H groups in total. The summed E-state index contributed by atoms with van der Waals surface area (Å²) in [6, 6.07) is 9.37. The fourth-order valence-electron chi connectivity index (χ4n) is 3.61. The van der Waals surface area contributed by atoms with Crippen LogP contribution in [0.1, 0.15) is 44.7 Å². The Morgan fingerprint density at radius 2 is 1.79 bits per heavy atom. The summed E-state index contributed by atoms with van der Waals surface area (Å²) in [5.74, 6) is -1.18. The fourth-order valence-corrected chi connectivity index (χ4v) is 3.61. The lowest BCUT2D eigenvalue weighted by molar-refractivity contribution is -0.119. The molecule has 1 heterocycles. The first-order chi connectivity index (χ1) is 13.8. The number of nitrogens with one attached hydrogen (secondary N) is 1. The second-order valence-corrected chi connectivity index (χ2v) is 7.24. The molecule has 0 spiro atoms. The number of aromatic carboxylic acids is 1. The highest BCUT2D eigenvalue weighted by Crippen LogP contribution is 2.28. The molecule has 1 aliphatic heterocycles. The molecule has 3 rings (SSSR count). The van der Waals surface area contributed by atoms with Gasteiger partial charge in [0.15, 0.2) is 0 Å². The number of ether oxygens (including phenoxy) is 1. The molecule has 0 aromatic heterocycles. The van der Waals surface area contributed by atoms with E-state index in [-0.39, 0.29) is 22.9 Å². The van der Waals surface area contributed by atoms with Crippen LogP contribution in [0.4, 0.5) is 5.69 Å². The molecule has 0 bridgehead atoms. The number of aryl methyl sites for hydroxylation is 2. The van der Waals surface area contributed by atoms with Gasteiger partial charge in [0.1, 0.15) is 11.8 Å². The van der Waals surface area contributed by atoms with Crippen LogP contribution in [0, 0.1) is 13.8 Å². The molecule has 29 heavy (non-hydrogen) atoms. The van der Waals surface area contributed by atoms with Crippen LogP contribution < -0.4 is 10.1 Å². The first kappa shape index (κ1) is 20.4. The SMILES string of the molecule is COc1ccc(C)cc1NC(=O)C1CCCN1C(=O)c1cc(C)cc(C(=O)O)c1. The highest BCUT2D eigenvalue weighted by molar-refractivity contribution is 6.03. The number of rotatable bonds is 5. The van der Waals surface area contributed by atoms with Crippen molar-refractivity contribution in [3.05, 3.63) is 58.7 Å². The summed E-state index contributed by atoms with van der Waals surface area (Å²) in [4.78, 5) is 38.8. The normalized spacial score (nSPS) is 15.8. The number of carbonyl (C=O) groups is 3. The van der Waals surface area contributed by atoms with E-state index in [0.717, 1.165) is 5.56 Å². The standard InChI is InChI=1S/C22H24N2O5/c1-13-6-7-19(29-3)17(11-13)23-20(25)18-5-4-8-24(18)21(26)15-9-14(2)10-16(12-15)22(27)28/h6-7,9-12,18H,4-5,8H2,1-3H3,(H,23,25)(H,27,28). The van der Waals surface area contributed by atoms with Crippen LogP contribution in [0.2, 0.25) is 0 Å². The van der Waals surface area contributed by atoms with E-state index in [2.05, 4.69) is 5.32 Å². The first-order valence-corrected chi connectivity index (χ1v) is 9.41.